The van der Waals surface area contributed by atoms with Gasteiger partial charge in [-0.15, -0.1) is 40.4 Å². The van der Waals surface area contributed by atoms with Gasteiger partial charge in [-0.1, -0.05) is 22.9 Å². The predicted octanol–water partition coefficient (Wildman–Crippen LogP) is 4.29. The molecule has 0 saturated heterocycles. The van der Waals surface area contributed by atoms with Gasteiger partial charge >= 0.3 is 0 Å². The minimum atomic E-state index is -0.0226. The maximum absolute atomic E-state index is 12.2. The van der Waals surface area contributed by atoms with E-state index in [9.17, 15) is 4.79 Å². The van der Waals surface area contributed by atoms with E-state index >= 15 is 0 Å². The Balaban J connectivity index is 0.00000242. The molecule has 0 bridgehead atoms. The second-order valence-corrected chi connectivity index (χ2v) is 6.61. The van der Waals surface area contributed by atoms with Crippen molar-refractivity contribution in [1.29, 1.82) is 0 Å². The number of hydrogen-bond donors (Lipinski definition) is 0. The number of pyridine rings is 1. The van der Waals surface area contributed by atoms with Crippen LogP contribution in [0.15, 0.2) is 29.1 Å². The smallest absolute Gasteiger partial charge is 0.207 e. The summed E-state index contributed by atoms with van der Waals surface area (Å²) in [7, 11) is 0. The van der Waals surface area contributed by atoms with Crippen LogP contribution in [0.25, 0.3) is 11.3 Å². The molecular weight excluding hydrogens is 510 g/mol. The minimum Gasteiger partial charge on any atom is -0.483 e. The van der Waals surface area contributed by atoms with Crippen molar-refractivity contribution in [3.05, 3.63) is 49.3 Å². The predicted molar refractivity (Wildman–Crippen MR) is 97.4 cm³/mol. The van der Waals surface area contributed by atoms with Crippen molar-refractivity contribution in [3.8, 4) is 17.0 Å². The van der Waals surface area contributed by atoms with Crippen LogP contribution in [-0.4, -0.2) is 16.8 Å². The molecular formula is C15H14ClINO2SY-. The minimum absolute atomic E-state index is 0. The Hall–Kier alpha value is 0.444. The third-order valence-corrected chi connectivity index (χ3v) is 4.35. The molecule has 1 radical (unpaired) electrons. The number of hydrogen-bond acceptors (Lipinski definition) is 3. The van der Waals surface area contributed by atoms with Gasteiger partial charge in [0.2, 0.25) is 5.56 Å². The molecule has 0 aliphatic rings. The van der Waals surface area contributed by atoms with Crippen molar-refractivity contribution in [2.75, 3.05) is 12.2 Å². The van der Waals surface area contributed by atoms with E-state index < -0.39 is 0 Å². The zero-order chi connectivity index (χ0) is 15.4. The molecule has 0 aliphatic carbocycles. The van der Waals surface area contributed by atoms with Crippen molar-refractivity contribution in [3.63, 3.8) is 0 Å². The van der Waals surface area contributed by atoms with Gasteiger partial charge in [-0.25, -0.2) is 0 Å². The Morgan fingerprint density at radius 1 is 1.45 bits per heavy atom. The molecule has 0 aliphatic heterocycles. The Labute approximate surface area is 178 Å². The third-order valence-electron chi connectivity index (χ3n) is 2.91. The summed E-state index contributed by atoms with van der Waals surface area (Å²) >= 11 is 9.95. The van der Waals surface area contributed by atoms with Gasteiger partial charge in [0.1, 0.15) is 11.7 Å². The largest absolute Gasteiger partial charge is 0.483 e. The first-order valence-electron chi connectivity index (χ1n) is 6.31. The van der Waals surface area contributed by atoms with E-state index in [1.54, 1.807) is 28.5 Å². The second kappa shape index (κ2) is 9.67. The fourth-order valence-electron chi connectivity index (χ4n) is 1.93. The number of ether oxygens (including phenoxy) is 1. The average molecular weight is 524 g/mol. The van der Waals surface area contributed by atoms with Crippen molar-refractivity contribution in [2.45, 2.75) is 13.5 Å². The van der Waals surface area contributed by atoms with E-state index in [2.05, 4.69) is 6.07 Å². The van der Waals surface area contributed by atoms with Crippen LogP contribution in [-0.2, 0) is 39.3 Å². The van der Waals surface area contributed by atoms with E-state index in [1.165, 1.54) is 0 Å². The zero-order valence-electron chi connectivity index (χ0n) is 12.2. The van der Waals surface area contributed by atoms with Gasteiger partial charge in [-0.05, 0) is 33.9 Å². The summed E-state index contributed by atoms with van der Waals surface area (Å²) < 4.78 is 7.84. The average Bonchev–Trinajstić information content (AvgIpc) is 2.48. The Morgan fingerprint density at radius 2 is 2.18 bits per heavy atom. The number of benzene rings is 1. The molecule has 1 heterocycles. The molecule has 22 heavy (non-hydrogen) atoms. The van der Waals surface area contributed by atoms with E-state index in [-0.39, 0.29) is 38.3 Å². The molecule has 0 atom stereocenters. The monoisotopic (exact) mass is 523 g/mol. The molecule has 2 rings (SSSR count). The molecule has 0 unspecified atom stereocenters. The van der Waals surface area contributed by atoms with Crippen LogP contribution in [0.2, 0.25) is 5.02 Å². The summed E-state index contributed by atoms with van der Waals surface area (Å²) in [5.74, 6) is 1.29. The molecule has 0 fully saturated rings. The molecule has 0 amide bonds. The van der Waals surface area contributed by atoms with E-state index in [0.717, 1.165) is 5.56 Å². The maximum atomic E-state index is 12.2. The SMILES string of the molecule is CCn1c(-c2ccc(OCSC)cc2Cl)[c-]cc(I)c1=O.[Y]. The summed E-state index contributed by atoms with van der Waals surface area (Å²) in [5, 5.41) is 0.549. The Bertz CT molecular complexity index is 708. The first kappa shape index (κ1) is 20.5. The topological polar surface area (TPSA) is 31.2 Å². The van der Waals surface area contributed by atoms with Crippen LogP contribution < -0.4 is 10.3 Å². The first-order chi connectivity index (χ1) is 10.1. The van der Waals surface area contributed by atoms with Gasteiger partial charge in [-0.2, -0.15) is 12.1 Å². The molecule has 0 spiro atoms. The molecule has 7 heteroatoms. The number of aromatic nitrogens is 1. The number of halogens is 2. The van der Waals surface area contributed by atoms with Crippen LogP contribution in [0, 0.1) is 9.64 Å². The van der Waals surface area contributed by atoms with Gasteiger partial charge < -0.3 is 9.30 Å². The van der Waals surface area contributed by atoms with Crippen molar-refractivity contribution in [2.24, 2.45) is 0 Å². The van der Waals surface area contributed by atoms with E-state index in [0.29, 0.717) is 32.5 Å². The van der Waals surface area contributed by atoms with Crippen LogP contribution >= 0.6 is 46.0 Å². The number of thioether (sulfide) groups is 1. The molecule has 1 aromatic heterocycles. The van der Waals surface area contributed by atoms with Crippen LogP contribution in [0.1, 0.15) is 6.92 Å². The summed E-state index contributed by atoms with van der Waals surface area (Å²) in [6, 6.07) is 10.3. The fourth-order valence-corrected chi connectivity index (χ4v) is 2.89. The summed E-state index contributed by atoms with van der Waals surface area (Å²) in [6.07, 6.45) is 1.97. The fraction of sp³-hybridized carbons (Fsp3) is 0.267. The Morgan fingerprint density at radius 3 is 2.77 bits per heavy atom. The standard InChI is InChI=1S/C15H14ClINO2S.Y/c1-3-18-14(7-6-13(17)15(18)19)11-5-4-10(8-12(11)16)20-9-21-2;/h4-6,8H,3,9H2,1-2H3;/q-1;. The third kappa shape index (κ3) is 4.73. The Kier molecular flexibility index (Phi) is 9.01. The first-order valence-corrected chi connectivity index (χ1v) is 9.16. The van der Waals surface area contributed by atoms with Crippen molar-refractivity contribution >= 4 is 46.0 Å². The van der Waals surface area contributed by atoms with Crippen LogP contribution in [0.4, 0.5) is 0 Å². The summed E-state index contributed by atoms with van der Waals surface area (Å²) in [6.45, 7) is 2.50. The van der Waals surface area contributed by atoms with Gasteiger partial charge in [-0.3, -0.25) is 4.79 Å². The van der Waals surface area contributed by atoms with Crippen molar-refractivity contribution < 1.29 is 37.4 Å². The molecule has 0 saturated carbocycles. The van der Waals surface area contributed by atoms with Crippen LogP contribution in [0.3, 0.4) is 0 Å². The molecule has 2 aromatic rings. The number of nitrogens with zero attached hydrogens (tertiary/aromatic N) is 1. The summed E-state index contributed by atoms with van der Waals surface area (Å²) in [4.78, 5) is 12.2. The van der Waals surface area contributed by atoms with Gasteiger partial charge in [0.05, 0.1) is 0 Å². The maximum Gasteiger partial charge on any atom is 0.207 e. The summed E-state index contributed by atoms with van der Waals surface area (Å²) in [5.41, 5.74) is 1.46. The normalized spacial score (nSPS) is 10.2. The molecule has 115 valence electrons. The van der Waals surface area contributed by atoms with Crippen molar-refractivity contribution in [1.82, 2.24) is 4.57 Å². The van der Waals surface area contributed by atoms with Crippen LogP contribution in [0.5, 0.6) is 5.75 Å². The number of rotatable bonds is 5. The molecule has 3 nitrogen and oxygen atoms in total. The van der Waals surface area contributed by atoms with Gasteiger partial charge in [0.25, 0.3) is 0 Å². The van der Waals surface area contributed by atoms with E-state index in [1.807, 2.05) is 47.9 Å². The quantitative estimate of drug-likeness (QED) is 0.333. The molecule has 1 aromatic carbocycles. The van der Waals surface area contributed by atoms with Gasteiger partial charge in [0.15, 0.2) is 0 Å². The van der Waals surface area contributed by atoms with Gasteiger partial charge in [0, 0.05) is 39.3 Å². The zero-order valence-corrected chi connectivity index (χ0v) is 18.8. The van der Waals surface area contributed by atoms with E-state index in [4.69, 9.17) is 16.3 Å². The molecule has 0 N–H and O–H groups in total. The second-order valence-electron chi connectivity index (χ2n) is 4.23.